The average molecular weight is 458 g/mol. The Hall–Kier alpha value is 1.16. The van der Waals surface area contributed by atoms with E-state index in [1.165, 1.54) is 0 Å². The van der Waals surface area contributed by atoms with E-state index in [4.69, 9.17) is 0 Å². The molecule has 8 rings (SSSR count). The van der Waals surface area contributed by atoms with Crippen LogP contribution in [0.15, 0.2) is 0 Å². The fourth-order valence-electron chi connectivity index (χ4n) is 10.5. The molecule has 8 bridgehead atoms. The third-order valence-electron chi connectivity index (χ3n) is 10.2. The molecule has 24 heavy (non-hydrogen) atoms. The van der Waals surface area contributed by atoms with Crippen LogP contribution in [0.3, 0.4) is 0 Å². The van der Waals surface area contributed by atoms with Gasteiger partial charge in [0.15, 0.2) is 0 Å². The quantitative estimate of drug-likeness (QED) is 0.314. The molecule has 0 saturated heterocycles. The molecule has 0 aromatic carbocycles. The van der Waals surface area contributed by atoms with E-state index in [2.05, 4.69) is 29.0 Å². The molecule has 8 fully saturated rings. The van der Waals surface area contributed by atoms with Crippen molar-refractivity contribution in [3.8, 4) is 0 Å². The molecule has 0 nitrogen and oxygen atoms in total. The predicted octanol–water partition coefficient (Wildman–Crippen LogP) is 7.04. The normalized spacial score (nSPS) is 58.4. The molecule has 0 N–H and O–H groups in total. The van der Waals surface area contributed by atoms with Gasteiger partial charge in [0.05, 0.1) is 0 Å². The minimum atomic E-state index is -1.26. The predicted molar refractivity (Wildman–Crippen MR) is 115 cm³/mol. The minimum absolute atomic E-state index is 0.878. The van der Waals surface area contributed by atoms with E-state index < -0.39 is 4.90 Å². The van der Waals surface area contributed by atoms with Gasteiger partial charge >= 0.3 is 163 Å². The zero-order valence-corrected chi connectivity index (χ0v) is 18.7. The summed E-state index contributed by atoms with van der Waals surface area (Å²) in [5.74, 6) is 6.91. The molecule has 8 saturated carbocycles. The van der Waals surface area contributed by atoms with E-state index >= 15 is 0 Å². The summed E-state index contributed by atoms with van der Waals surface area (Å²) >= 11 is 3.27. The van der Waals surface area contributed by atoms with Gasteiger partial charge in [0.1, 0.15) is 0 Å². The molecule has 0 aromatic heterocycles. The van der Waals surface area contributed by atoms with E-state index in [1.807, 2.05) is 0 Å². The van der Waals surface area contributed by atoms with Gasteiger partial charge < -0.3 is 0 Å². The first kappa shape index (κ1) is 16.1. The summed E-state index contributed by atoms with van der Waals surface area (Å²) in [4.78, 5) is -1.26. The first-order valence-corrected chi connectivity index (χ1v) is 16.5. The Morgan fingerprint density at radius 3 is 1.08 bits per heavy atom. The van der Waals surface area contributed by atoms with Crippen LogP contribution in [-0.2, 0) is 0 Å². The zero-order valence-electron chi connectivity index (χ0n) is 15.5. The van der Waals surface area contributed by atoms with Crippen molar-refractivity contribution in [1.29, 1.82) is 0 Å². The molecule has 0 unspecified atom stereocenters. The van der Waals surface area contributed by atoms with Gasteiger partial charge in [-0.25, -0.2) is 0 Å². The molecule has 0 heterocycles. The van der Waals surface area contributed by atoms with Gasteiger partial charge in [0, 0.05) is 0 Å². The Kier molecular flexibility index (Phi) is 3.46. The monoisotopic (exact) mass is 458 g/mol. The van der Waals surface area contributed by atoms with Gasteiger partial charge in [-0.15, -0.1) is 0 Å². The molecule has 0 amide bonds. The summed E-state index contributed by atoms with van der Waals surface area (Å²) in [6.07, 6.45) is 21.5. The maximum absolute atomic E-state index is 3.27. The van der Waals surface area contributed by atoms with Gasteiger partial charge in [-0.1, -0.05) is 0 Å². The molecule has 0 aromatic rings. The van der Waals surface area contributed by atoms with Crippen molar-refractivity contribution in [2.24, 2.45) is 35.5 Å². The second kappa shape index (κ2) is 5.15. The molecule has 8 aliphatic rings. The summed E-state index contributed by atoms with van der Waals surface area (Å²) in [6.45, 7) is 2.65. The molecule has 8 aliphatic carbocycles. The number of hydrogen-bond acceptors (Lipinski definition) is 0. The van der Waals surface area contributed by atoms with Crippen LogP contribution in [0.2, 0.25) is 0 Å². The first-order chi connectivity index (χ1) is 11.5. The van der Waals surface area contributed by atoms with Gasteiger partial charge in [-0.05, 0) is 0 Å². The van der Waals surface area contributed by atoms with Crippen molar-refractivity contribution in [3.05, 3.63) is 0 Å². The topological polar surface area (TPSA) is 0 Å². The second-order valence-corrected chi connectivity index (χ2v) is 21.5. The van der Waals surface area contributed by atoms with Gasteiger partial charge in [0.25, 0.3) is 0 Å². The van der Waals surface area contributed by atoms with Crippen LogP contribution < -0.4 is 0 Å². The van der Waals surface area contributed by atoms with Crippen LogP contribution in [0.4, 0.5) is 0 Å². The molecule has 0 spiro atoms. The molecular weight excluding hydrogens is 422 g/mol. The van der Waals surface area contributed by atoms with Crippen molar-refractivity contribution in [2.45, 2.75) is 94.3 Å². The van der Waals surface area contributed by atoms with Crippen molar-refractivity contribution < 1.29 is 0 Å². The molecule has 0 aliphatic heterocycles. The van der Waals surface area contributed by atoms with Crippen LogP contribution in [0.25, 0.3) is 0 Å². The second-order valence-electron chi connectivity index (χ2n) is 11.6. The van der Waals surface area contributed by atoms with Crippen LogP contribution >= 0.6 is 26.9 Å². The van der Waals surface area contributed by atoms with Crippen molar-refractivity contribution in [2.75, 3.05) is 6.16 Å². The van der Waals surface area contributed by atoms with E-state index in [0.29, 0.717) is 0 Å². The molecule has 136 valence electrons. The molecule has 0 atom stereocenters. The number of hydrogen-bond donors (Lipinski definition) is 0. The summed E-state index contributed by atoms with van der Waals surface area (Å²) < 4.78 is 0. The standard InChI is InChI=1S/C22H36IP/c1-2-24(23,21-9-15-3-16(10-21)5-17(4-15)11-21)22-12-18-6-19(13-22)8-20(7-18)14-22/h15-20,24H,2-14H2,1H3. The third kappa shape index (κ3) is 1.96. The Balaban J connectivity index is 1.43. The maximum atomic E-state index is 3.27. The van der Waals surface area contributed by atoms with Crippen LogP contribution in [-0.4, -0.2) is 16.5 Å². The van der Waals surface area contributed by atoms with Crippen LogP contribution in [0, 0.1) is 35.5 Å². The fourth-order valence-corrected chi connectivity index (χ4v) is 20.8. The zero-order chi connectivity index (χ0) is 16.2. The Morgan fingerprint density at radius 2 is 0.875 bits per heavy atom. The number of halogens is 1. The van der Waals surface area contributed by atoms with E-state index in [0.717, 1.165) is 45.8 Å². The first-order valence-electron chi connectivity index (χ1n) is 11.2. The Labute approximate surface area is 162 Å². The molecular formula is C22H36IP. The van der Waals surface area contributed by atoms with Crippen LogP contribution in [0.1, 0.15) is 84.0 Å². The van der Waals surface area contributed by atoms with Gasteiger partial charge in [0.2, 0.25) is 0 Å². The van der Waals surface area contributed by atoms with E-state index in [-0.39, 0.29) is 0 Å². The van der Waals surface area contributed by atoms with Crippen molar-refractivity contribution in [3.63, 3.8) is 0 Å². The average Bonchev–Trinajstić information content (AvgIpc) is 2.51. The van der Waals surface area contributed by atoms with Crippen molar-refractivity contribution >= 4 is 26.9 Å². The Morgan fingerprint density at radius 1 is 0.625 bits per heavy atom. The van der Waals surface area contributed by atoms with Gasteiger partial charge in [-0.2, -0.15) is 0 Å². The summed E-state index contributed by atoms with van der Waals surface area (Å²) in [7, 11) is 0. The summed E-state index contributed by atoms with van der Waals surface area (Å²) in [5.41, 5.74) is 0. The van der Waals surface area contributed by atoms with Crippen LogP contribution in [0.5, 0.6) is 0 Å². The Bertz CT molecular complexity index is 438. The SMILES string of the molecule is CC[PH](I)(C12CC3CC(CC(C3)C1)C2)C12CC3CC(CC(C3)C1)C2. The van der Waals surface area contributed by atoms with Gasteiger partial charge in [-0.3, -0.25) is 0 Å². The third-order valence-corrected chi connectivity index (χ3v) is 25.0. The fraction of sp³-hybridized carbons (Fsp3) is 1.00. The molecule has 2 heteroatoms. The van der Waals surface area contributed by atoms with Crippen molar-refractivity contribution in [1.82, 2.24) is 0 Å². The van der Waals surface area contributed by atoms with E-state index in [1.54, 1.807) is 83.2 Å². The summed E-state index contributed by atoms with van der Waals surface area (Å²) in [5, 5.41) is 1.76. The summed E-state index contributed by atoms with van der Waals surface area (Å²) in [6, 6.07) is 0. The number of rotatable bonds is 3. The molecule has 0 radical (unpaired) electrons. The van der Waals surface area contributed by atoms with E-state index in [9.17, 15) is 0 Å².